The Morgan fingerprint density at radius 1 is 1.15 bits per heavy atom. The Balaban J connectivity index is 1.66. The smallest absolute Gasteiger partial charge is 0.0218 e. The standard InChI is InChI=1S/C11H22N2/c1-13-8-4-7-11(13)9-12-10-5-2-3-6-10/h10-12H,2-9H2,1H3. The molecule has 1 N–H and O–H groups in total. The number of hydrogen-bond donors (Lipinski definition) is 1. The van der Waals surface area contributed by atoms with Crippen LogP contribution in [-0.4, -0.2) is 37.1 Å². The Morgan fingerprint density at radius 3 is 2.54 bits per heavy atom. The third kappa shape index (κ3) is 2.44. The molecule has 0 radical (unpaired) electrons. The van der Waals surface area contributed by atoms with Gasteiger partial charge in [0.05, 0.1) is 0 Å². The van der Waals surface area contributed by atoms with Gasteiger partial charge in [-0.2, -0.15) is 0 Å². The summed E-state index contributed by atoms with van der Waals surface area (Å²) in [5, 5.41) is 3.71. The molecule has 2 heteroatoms. The van der Waals surface area contributed by atoms with Crippen LogP contribution < -0.4 is 5.32 Å². The highest BCUT2D eigenvalue weighted by molar-refractivity contribution is 4.81. The largest absolute Gasteiger partial charge is 0.312 e. The van der Waals surface area contributed by atoms with Crippen LogP contribution in [0.15, 0.2) is 0 Å². The van der Waals surface area contributed by atoms with E-state index in [4.69, 9.17) is 0 Å². The van der Waals surface area contributed by atoms with Crippen molar-refractivity contribution in [3.63, 3.8) is 0 Å². The highest BCUT2D eigenvalue weighted by atomic mass is 15.2. The Morgan fingerprint density at radius 2 is 1.92 bits per heavy atom. The summed E-state index contributed by atoms with van der Waals surface area (Å²) < 4.78 is 0. The molecule has 1 heterocycles. The zero-order chi connectivity index (χ0) is 9.10. The monoisotopic (exact) mass is 182 g/mol. The van der Waals surface area contributed by atoms with Gasteiger partial charge >= 0.3 is 0 Å². The van der Waals surface area contributed by atoms with Crippen LogP contribution >= 0.6 is 0 Å². The lowest BCUT2D eigenvalue weighted by molar-refractivity contribution is 0.291. The summed E-state index contributed by atoms with van der Waals surface area (Å²) in [7, 11) is 2.26. The van der Waals surface area contributed by atoms with Crippen LogP contribution in [0.5, 0.6) is 0 Å². The average Bonchev–Trinajstić information content (AvgIpc) is 2.72. The molecule has 0 amide bonds. The van der Waals surface area contributed by atoms with Crippen molar-refractivity contribution in [2.24, 2.45) is 0 Å². The van der Waals surface area contributed by atoms with E-state index < -0.39 is 0 Å². The zero-order valence-electron chi connectivity index (χ0n) is 8.76. The Labute approximate surface area is 81.7 Å². The van der Waals surface area contributed by atoms with Crippen molar-refractivity contribution in [1.29, 1.82) is 0 Å². The van der Waals surface area contributed by atoms with Gasteiger partial charge in [-0.1, -0.05) is 12.8 Å². The fourth-order valence-corrected chi connectivity index (χ4v) is 2.67. The predicted octanol–water partition coefficient (Wildman–Crippen LogP) is 1.61. The van der Waals surface area contributed by atoms with Crippen molar-refractivity contribution in [1.82, 2.24) is 10.2 Å². The van der Waals surface area contributed by atoms with E-state index in [2.05, 4.69) is 17.3 Å². The third-order valence-electron chi connectivity index (χ3n) is 3.67. The first-order valence-corrected chi connectivity index (χ1v) is 5.80. The van der Waals surface area contributed by atoms with Gasteiger partial charge in [-0.3, -0.25) is 0 Å². The summed E-state index contributed by atoms with van der Waals surface area (Å²) in [5.41, 5.74) is 0. The van der Waals surface area contributed by atoms with Gasteiger partial charge in [0.25, 0.3) is 0 Å². The molecular formula is C11H22N2. The fourth-order valence-electron chi connectivity index (χ4n) is 2.67. The van der Waals surface area contributed by atoms with Crippen LogP contribution in [0.3, 0.4) is 0 Å². The minimum atomic E-state index is 0.820. The van der Waals surface area contributed by atoms with E-state index in [1.54, 1.807) is 0 Å². The molecule has 1 atom stereocenters. The van der Waals surface area contributed by atoms with E-state index in [1.165, 1.54) is 51.6 Å². The molecular weight excluding hydrogens is 160 g/mol. The molecule has 1 aliphatic heterocycles. The molecule has 2 fully saturated rings. The van der Waals surface area contributed by atoms with Gasteiger partial charge < -0.3 is 10.2 Å². The van der Waals surface area contributed by atoms with Crippen molar-refractivity contribution in [2.75, 3.05) is 20.1 Å². The summed E-state index contributed by atoms with van der Waals surface area (Å²) >= 11 is 0. The summed E-state index contributed by atoms with van der Waals surface area (Å²) in [6.07, 6.45) is 8.51. The first-order valence-electron chi connectivity index (χ1n) is 5.80. The molecule has 2 nitrogen and oxygen atoms in total. The van der Waals surface area contributed by atoms with Crippen molar-refractivity contribution in [3.8, 4) is 0 Å². The number of hydrogen-bond acceptors (Lipinski definition) is 2. The Hall–Kier alpha value is -0.0800. The second kappa shape index (κ2) is 4.43. The quantitative estimate of drug-likeness (QED) is 0.713. The molecule has 1 aliphatic carbocycles. The van der Waals surface area contributed by atoms with Crippen LogP contribution in [0.2, 0.25) is 0 Å². The highest BCUT2D eigenvalue weighted by Gasteiger charge is 2.22. The van der Waals surface area contributed by atoms with E-state index in [1.807, 2.05) is 0 Å². The number of nitrogens with zero attached hydrogens (tertiary/aromatic N) is 1. The number of likely N-dealkylation sites (N-methyl/N-ethyl adjacent to an activating group) is 1. The molecule has 1 saturated heterocycles. The van der Waals surface area contributed by atoms with Gasteiger partial charge in [-0.05, 0) is 39.3 Å². The third-order valence-corrected chi connectivity index (χ3v) is 3.67. The van der Waals surface area contributed by atoms with Crippen LogP contribution in [0.1, 0.15) is 38.5 Å². The molecule has 0 spiro atoms. The van der Waals surface area contributed by atoms with Crippen molar-refractivity contribution in [3.05, 3.63) is 0 Å². The van der Waals surface area contributed by atoms with Crippen LogP contribution in [0.25, 0.3) is 0 Å². The van der Waals surface area contributed by atoms with Gasteiger partial charge in [0, 0.05) is 18.6 Å². The molecule has 0 bridgehead atoms. The maximum absolute atomic E-state index is 3.71. The van der Waals surface area contributed by atoms with Gasteiger partial charge in [0.1, 0.15) is 0 Å². The van der Waals surface area contributed by atoms with Gasteiger partial charge in [0.15, 0.2) is 0 Å². The first-order chi connectivity index (χ1) is 6.36. The maximum Gasteiger partial charge on any atom is 0.0218 e. The Bertz CT molecular complexity index is 152. The molecule has 76 valence electrons. The van der Waals surface area contributed by atoms with E-state index >= 15 is 0 Å². The maximum atomic E-state index is 3.71. The summed E-state index contributed by atoms with van der Waals surface area (Å²) in [6.45, 7) is 2.53. The highest BCUT2D eigenvalue weighted by Crippen LogP contribution is 2.19. The topological polar surface area (TPSA) is 15.3 Å². The lowest BCUT2D eigenvalue weighted by Gasteiger charge is -2.22. The van der Waals surface area contributed by atoms with E-state index in [0.29, 0.717) is 0 Å². The first kappa shape index (κ1) is 9.47. The van der Waals surface area contributed by atoms with Crippen molar-refractivity contribution >= 4 is 0 Å². The molecule has 1 unspecified atom stereocenters. The van der Waals surface area contributed by atoms with Gasteiger partial charge in [-0.15, -0.1) is 0 Å². The van der Waals surface area contributed by atoms with Gasteiger partial charge in [0.2, 0.25) is 0 Å². The number of likely N-dealkylation sites (tertiary alicyclic amines) is 1. The predicted molar refractivity (Wildman–Crippen MR) is 55.9 cm³/mol. The molecule has 13 heavy (non-hydrogen) atoms. The molecule has 2 rings (SSSR count). The zero-order valence-corrected chi connectivity index (χ0v) is 8.76. The molecule has 2 aliphatic rings. The normalized spacial score (nSPS) is 31.6. The molecule has 1 saturated carbocycles. The van der Waals surface area contributed by atoms with E-state index in [-0.39, 0.29) is 0 Å². The second-order valence-electron chi connectivity index (χ2n) is 4.67. The lowest BCUT2D eigenvalue weighted by Crippen LogP contribution is -2.39. The number of nitrogens with one attached hydrogen (secondary N) is 1. The van der Waals surface area contributed by atoms with Crippen LogP contribution in [0.4, 0.5) is 0 Å². The van der Waals surface area contributed by atoms with Gasteiger partial charge in [-0.25, -0.2) is 0 Å². The van der Waals surface area contributed by atoms with Crippen molar-refractivity contribution in [2.45, 2.75) is 50.6 Å². The molecule has 0 aromatic carbocycles. The summed E-state index contributed by atoms with van der Waals surface area (Å²) in [5.74, 6) is 0. The fraction of sp³-hybridized carbons (Fsp3) is 1.00. The second-order valence-corrected chi connectivity index (χ2v) is 4.67. The SMILES string of the molecule is CN1CCCC1CNC1CCCC1. The van der Waals surface area contributed by atoms with Crippen molar-refractivity contribution < 1.29 is 0 Å². The molecule has 0 aromatic heterocycles. The van der Waals surface area contributed by atoms with E-state index in [9.17, 15) is 0 Å². The minimum absolute atomic E-state index is 0.820. The van der Waals surface area contributed by atoms with E-state index in [0.717, 1.165) is 12.1 Å². The minimum Gasteiger partial charge on any atom is -0.312 e. The lowest BCUT2D eigenvalue weighted by atomic mass is 10.2. The van der Waals surface area contributed by atoms with Crippen LogP contribution in [-0.2, 0) is 0 Å². The number of rotatable bonds is 3. The summed E-state index contributed by atoms with van der Waals surface area (Å²) in [6, 6.07) is 1.66. The average molecular weight is 182 g/mol. The summed E-state index contributed by atoms with van der Waals surface area (Å²) in [4.78, 5) is 2.50. The Kier molecular flexibility index (Phi) is 3.23. The van der Waals surface area contributed by atoms with Crippen LogP contribution in [0, 0.1) is 0 Å². The molecule has 0 aromatic rings.